The number of phenols is 1. The monoisotopic (exact) mass is 686 g/mol. The number of carbonyl (C=O) groups is 2. The molecule has 2 atom stereocenters. The van der Waals surface area contributed by atoms with Crippen LogP contribution in [-0.2, 0) is 14.8 Å². The average Bonchev–Trinajstić information content (AvgIpc) is 3.09. The van der Waals surface area contributed by atoms with Crippen LogP contribution < -0.4 is 16.4 Å². The van der Waals surface area contributed by atoms with Gasteiger partial charge in [-0.1, -0.05) is 87.0 Å². The van der Waals surface area contributed by atoms with Gasteiger partial charge in [0.25, 0.3) is 5.91 Å². The van der Waals surface area contributed by atoms with Crippen LogP contribution in [0.1, 0.15) is 60.5 Å². The molecule has 0 bridgehead atoms. The normalized spacial score (nSPS) is 12.9. The number of hydrogen-bond donors (Lipinski definition) is 5. The quantitative estimate of drug-likeness (QED) is 0.0780. The van der Waals surface area contributed by atoms with Gasteiger partial charge in [-0.3, -0.25) is 9.59 Å². The lowest BCUT2D eigenvalue weighted by Crippen LogP contribution is -2.50. The van der Waals surface area contributed by atoms with Crippen molar-refractivity contribution in [3.8, 4) is 5.75 Å². The number of aromatic hydroxyl groups is 1. The summed E-state index contributed by atoms with van der Waals surface area (Å²) < 4.78 is 28.6. The molecule has 0 heterocycles. The van der Waals surface area contributed by atoms with E-state index < -0.39 is 39.8 Å². The number of unbranched alkanes of at least 4 members (excludes halogenated alkanes) is 1. The average molecular weight is 687 g/mol. The van der Waals surface area contributed by atoms with Gasteiger partial charge in [-0.05, 0) is 72.4 Å². The van der Waals surface area contributed by atoms with E-state index in [-0.39, 0.29) is 41.8 Å². The molecule has 2 amide bonds. The third-order valence-electron chi connectivity index (χ3n) is 8.24. The van der Waals surface area contributed by atoms with Gasteiger partial charge in [-0.15, -0.1) is 0 Å². The van der Waals surface area contributed by atoms with Gasteiger partial charge in [0.1, 0.15) is 11.8 Å². The lowest BCUT2D eigenvalue weighted by atomic mass is 9.84. The number of nitrogens with one attached hydrogen (secondary N) is 2. The van der Waals surface area contributed by atoms with Crippen LogP contribution >= 0.6 is 0 Å². The third-order valence-corrected chi connectivity index (χ3v) is 10.2. The highest BCUT2D eigenvalue weighted by Gasteiger charge is 2.34. The fourth-order valence-corrected chi connectivity index (χ4v) is 7.61. The van der Waals surface area contributed by atoms with Crippen molar-refractivity contribution in [1.29, 1.82) is 0 Å². The van der Waals surface area contributed by atoms with E-state index in [9.17, 15) is 28.2 Å². The molecule has 260 valence electrons. The van der Waals surface area contributed by atoms with Crippen LogP contribution in [-0.4, -0.2) is 66.5 Å². The molecule has 0 radical (unpaired) electrons. The van der Waals surface area contributed by atoms with Crippen LogP contribution in [0.2, 0.25) is 0 Å². The van der Waals surface area contributed by atoms with Gasteiger partial charge >= 0.3 is 0 Å². The third kappa shape index (κ3) is 10.1. The van der Waals surface area contributed by atoms with Crippen LogP contribution in [0.15, 0.2) is 114 Å². The molecule has 11 heteroatoms. The Labute approximate surface area is 289 Å². The van der Waals surface area contributed by atoms with E-state index in [1.807, 2.05) is 74.5 Å². The number of anilines is 1. The highest BCUT2D eigenvalue weighted by Crippen LogP contribution is 2.29. The first-order chi connectivity index (χ1) is 23.5. The van der Waals surface area contributed by atoms with E-state index in [2.05, 4.69) is 10.6 Å². The number of aliphatic hydroxyl groups is 1. The highest BCUT2D eigenvalue weighted by molar-refractivity contribution is 7.89. The molecule has 0 aromatic heterocycles. The van der Waals surface area contributed by atoms with Crippen molar-refractivity contribution in [2.45, 2.75) is 56.0 Å². The van der Waals surface area contributed by atoms with Crippen LogP contribution in [0, 0.1) is 5.92 Å². The molecule has 10 nitrogen and oxygen atoms in total. The van der Waals surface area contributed by atoms with Crippen molar-refractivity contribution in [2.24, 2.45) is 5.92 Å². The van der Waals surface area contributed by atoms with Crippen molar-refractivity contribution < 1.29 is 28.2 Å². The molecule has 4 aromatic rings. The summed E-state index contributed by atoms with van der Waals surface area (Å²) in [6.07, 6.45) is 1.41. The molecule has 0 aliphatic carbocycles. The van der Waals surface area contributed by atoms with Crippen molar-refractivity contribution in [3.05, 3.63) is 126 Å². The Balaban J connectivity index is 1.49. The Hall–Kier alpha value is -4.71. The zero-order valence-electron chi connectivity index (χ0n) is 27.9. The van der Waals surface area contributed by atoms with Crippen molar-refractivity contribution in [3.63, 3.8) is 0 Å². The smallest absolute Gasteiger partial charge is 0.252 e. The van der Waals surface area contributed by atoms with Crippen molar-refractivity contribution in [1.82, 2.24) is 14.9 Å². The van der Waals surface area contributed by atoms with Gasteiger partial charge in [0.05, 0.1) is 11.5 Å². The molecule has 0 spiro atoms. The number of amides is 2. The topological polar surface area (TPSA) is 162 Å². The second kappa shape index (κ2) is 17.6. The van der Waals surface area contributed by atoms with E-state index in [4.69, 9.17) is 5.73 Å². The summed E-state index contributed by atoms with van der Waals surface area (Å²) in [5.41, 5.74) is 8.11. The summed E-state index contributed by atoms with van der Waals surface area (Å²) in [7, 11) is -3.90. The molecule has 0 aliphatic rings. The first-order valence-electron chi connectivity index (χ1n) is 16.5. The van der Waals surface area contributed by atoms with Crippen LogP contribution in [0.25, 0.3) is 0 Å². The summed E-state index contributed by atoms with van der Waals surface area (Å²) in [4.78, 5) is 27.5. The predicted octanol–water partition coefficient (Wildman–Crippen LogP) is 4.90. The summed E-state index contributed by atoms with van der Waals surface area (Å²) in [5.74, 6) is -1.47. The Morgan fingerprint density at radius 2 is 1.45 bits per heavy atom. The lowest BCUT2D eigenvalue weighted by Gasteiger charge is -2.31. The molecule has 49 heavy (non-hydrogen) atoms. The second-order valence-electron chi connectivity index (χ2n) is 12.5. The van der Waals surface area contributed by atoms with E-state index in [0.717, 1.165) is 11.1 Å². The first kappa shape index (κ1) is 37.1. The molecule has 6 N–H and O–H groups in total. The minimum Gasteiger partial charge on any atom is -0.508 e. The maximum atomic E-state index is 13.9. The predicted molar refractivity (Wildman–Crippen MR) is 191 cm³/mol. The molecular formula is C38H46N4O6S. The Morgan fingerprint density at radius 1 is 0.837 bits per heavy atom. The van der Waals surface area contributed by atoms with Crippen molar-refractivity contribution >= 4 is 27.5 Å². The van der Waals surface area contributed by atoms with E-state index in [0.29, 0.717) is 24.9 Å². The molecule has 1 unspecified atom stereocenters. The zero-order valence-corrected chi connectivity index (χ0v) is 28.7. The van der Waals surface area contributed by atoms with Gasteiger partial charge in [0.15, 0.2) is 0 Å². The highest BCUT2D eigenvalue weighted by atomic mass is 32.2. The van der Waals surface area contributed by atoms with Crippen LogP contribution in [0.4, 0.5) is 5.69 Å². The molecule has 0 saturated heterocycles. The zero-order chi connectivity index (χ0) is 35.4. The van der Waals surface area contributed by atoms with Gasteiger partial charge < -0.3 is 26.6 Å². The maximum Gasteiger partial charge on any atom is 0.252 e. The fourth-order valence-electron chi connectivity index (χ4n) is 5.80. The first-order valence-corrected chi connectivity index (χ1v) is 17.9. The molecule has 4 aromatic carbocycles. The minimum absolute atomic E-state index is 0.0195. The number of nitrogens with zero attached hydrogens (tertiary/aromatic N) is 1. The standard InChI is InChI=1S/C38H46N4O6S/c1-27(2)25-42(49(47,48)34-21-19-31(39)20-22-34)32(26-43)17-9-10-23-40-38(46)36(41-37(45)30-16-11-18-33(44)24-30)35(28-12-5-3-6-13-28)29-14-7-4-8-15-29/h3-8,11-16,18-22,24,27,32,35-36,43-44H,9-10,17,23,25-26,39H2,1-2H3,(H,40,46)(H,41,45)/t32?,36-/m0/s1. The molecule has 0 aliphatic heterocycles. The molecular weight excluding hydrogens is 641 g/mol. The summed E-state index contributed by atoms with van der Waals surface area (Å²) >= 11 is 0. The largest absolute Gasteiger partial charge is 0.508 e. The lowest BCUT2D eigenvalue weighted by molar-refractivity contribution is -0.123. The number of sulfonamides is 1. The van der Waals surface area contributed by atoms with Gasteiger partial charge in [0.2, 0.25) is 15.9 Å². The summed E-state index contributed by atoms with van der Waals surface area (Å²) in [5, 5.41) is 26.2. The van der Waals surface area contributed by atoms with Gasteiger partial charge in [-0.25, -0.2) is 8.42 Å². The number of nitrogen functional groups attached to an aromatic ring is 1. The summed E-state index contributed by atoms with van der Waals surface area (Å²) in [6, 6.07) is 29.2. The van der Waals surface area contributed by atoms with E-state index in [1.54, 1.807) is 12.1 Å². The Morgan fingerprint density at radius 3 is 2.00 bits per heavy atom. The molecule has 0 fully saturated rings. The van der Waals surface area contributed by atoms with E-state index >= 15 is 0 Å². The number of phenolic OH excluding ortho intramolecular Hbond substituents is 1. The van der Waals surface area contributed by atoms with Gasteiger partial charge in [-0.2, -0.15) is 4.31 Å². The Bertz CT molecular complexity index is 1710. The van der Waals surface area contributed by atoms with E-state index in [1.165, 1.54) is 40.7 Å². The number of hydrogen-bond acceptors (Lipinski definition) is 7. The second-order valence-corrected chi connectivity index (χ2v) is 14.4. The van der Waals surface area contributed by atoms with Crippen molar-refractivity contribution in [2.75, 3.05) is 25.4 Å². The number of aliphatic hydroxyl groups excluding tert-OH is 1. The van der Waals surface area contributed by atoms with Crippen LogP contribution in [0.3, 0.4) is 0 Å². The number of benzene rings is 4. The molecule has 0 saturated carbocycles. The molecule has 4 rings (SSSR count). The SMILES string of the molecule is CC(C)CN(C(CO)CCCCNC(=O)[C@@H](NC(=O)c1cccc(O)c1)C(c1ccccc1)c1ccccc1)S(=O)(=O)c1ccc(N)cc1. The fraction of sp³-hybridized carbons (Fsp3) is 0.316. The minimum atomic E-state index is -3.90. The van der Waals surface area contributed by atoms with Gasteiger partial charge in [0, 0.05) is 36.3 Å². The number of nitrogens with two attached hydrogens (primary N) is 1. The summed E-state index contributed by atoms with van der Waals surface area (Å²) in [6.45, 7) is 3.98. The Kier molecular flexibility index (Phi) is 13.3. The maximum absolute atomic E-state index is 13.9. The number of carbonyl (C=O) groups excluding carboxylic acids is 2. The number of rotatable bonds is 17. The van der Waals surface area contributed by atoms with Crippen LogP contribution in [0.5, 0.6) is 5.75 Å².